The van der Waals surface area contributed by atoms with Crippen molar-refractivity contribution >= 4 is 32.3 Å². The smallest absolute Gasteiger partial charge is 0.164 e. The fraction of sp³-hybridized carbons (Fsp3) is 0. The lowest BCUT2D eigenvalue weighted by molar-refractivity contribution is 0.487. The minimum atomic E-state index is 0.610. The highest BCUT2D eigenvalue weighted by atomic mass is 16.5. The summed E-state index contributed by atoms with van der Waals surface area (Å²) in [6, 6.07) is 65.7. The first-order valence-electron chi connectivity index (χ1n) is 18.5. The van der Waals surface area contributed by atoms with Gasteiger partial charge in [0.05, 0.1) is 0 Å². The van der Waals surface area contributed by atoms with Crippen molar-refractivity contribution in [3.05, 3.63) is 188 Å². The third kappa shape index (κ3) is 5.34. The van der Waals surface area contributed by atoms with Crippen LogP contribution in [-0.4, -0.2) is 15.0 Å². The summed E-state index contributed by atoms with van der Waals surface area (Å²) in [5.41, 5.74) is 9.66. The Morgan fingerprint density at radius 1 is 0.309 bits per heavy atom. The van der Waals surface area contributed by atoms with Crippen LogP contribution < -0.4 is 4.74 Å². The van der Waals surface area contributed by atoms with Crippen molar-refractivity contribution < 1.29 is 4.74 Å². The van der Waals surface area contributed by atoms with Gasteiger partial charge >= 0.3 is 0 Å². The van der Waals surface area contributed by atoms with Gasteiger partial charge in [-0.05, 0) is 91.1 Å². The number of fused-ring (bicyclic) bond motifs is 4. The highest BCUT2D eigenvalue weighted by molar-refractivity contribution is 6.11. The predicted molar refractivity (Wildman–Crippen MR) is 225 cm³/mol. The zero-order chi connectivity index (χ0) is 36.3. The second-order valence-corrected chi connectivity index (χ2v) is 14.0. The van der Waals surface area contributed by atoms with Gasteiger partial charge in [-0.2, -0.15) is 0 Å². The fourth-order valence-electron chi connectivity index (χ4n) is 8.01. The molecule has 0 amide bonds. The van der Waals surface area contributed by atoms with Crippen LogP contribution in [0.3, 0.4) is 0 Å². The van der Waals surface area contributed by atoms with Gasteiger partial charge in [0.25, 0.3) is 0 Å². The molecule has 256 valence electrons. The van der Waals surface area contributed by atoms with Crippen molar-refractivity contribution in [3.63, 3.8) is 0 Å². The minimum Gasteiger partial charge on any atom is -0.456 e. The monoisotopic (exact) mass is 701 g/mol. The molecule has 2 heterocycles. The molecule has 4 heteroatoms. The first-order valence-corrected chi connectivity index (χ1v) is 18.5. The lowest BCUT2D eigenvalue weighted by atomic mass is 9.88. The van der Waals surface area contributed by atoms with E-state index in [9.17, 15) is 0 Å². The second kappa shape index (κ2) is 12.6. The Morgan fingerprint density at radius 3 is 1.62 bits per heavy atom. The Balaban J connectivity index is 1.10. The number of hydrogen-bond acceptors (Lipinski definition) is 4. The molecular formula is C51H31N3O. The number of aromatic nitrogens is 3. The Labute approximate surface area is 318 Å². The average Bonchev–Trinajstić information content (AvgIpc) is 3.26. The maximum absolute atomic E-state index is 6.65. The standard InChI is InChI=1S/C51H31N3O/c1-3-11-32(12-4-1)36-22-23-38-31-40(26-24-37(38)29-36)50-52-49(39-25-21-33-13-7-8-16-35(33)30-39)53-51(54-50)43-27-28-46-48-42(43)18-9-19-44(48)47-41(17-10-20-45(47)55-46)34-14-5-2-6-15-34/h1-31H. The van der Waals surface area contributed by atoms with E-state index in [1.165, 1.54) is 16.5 Å². The molecule has 55 heavy (non-hydrogen) atoms. The number of benzene rings is 9. The molecule has 11 rings (SSSR count). The summed E-state index contributed by atoms with van der Waals surface area (Å²) in [7, 11) is 0. The van der Waals surface area contributed by atoms with Crippen LogP contribution in [0.25, 0.3) is 99.9 Å². The summed E-state index contributed by atoms with van der Waals surface area (Å²) in [5.74, 6) is 3.52. The molecule has 0 radical (unpaired) electrons. The number of ether oxygens (including phenoxy) is 1. The van der Waals surface area contributed by atoms with Gasteiger partial charge in [0.2, 0.25) is 0 Å². The Kier molecular flexibility index (Phi) is 7.14. The van der Waals surface area contributed by atoms with E-state index in [1.54, 1.807) is 0 Å². The highest BCUT2D eigenvalue weighted by Crippen LogP contribution is 2.51. The van der Waals surface area contributed by atoms with Gasteiger partial charge in [-0.1, -0.05) is 152 Å². The number of rotatable bonds is 5. The van der Waals surface area contributed by atoms with Crippen LogP contribution in [0.5, 0.6) is 11.5 Å². The molecule has 0 bridgehead atoms. The van der Waals surface area contributed by atoms with Gasteiger partial charge in [-0.15, -0.1) is 0 Å². The van der Waals surface area contributed by atoms with Crippen LogP contribution in [0.4, 0.5) is 0 Å². The summed E-state index contributed by atoms with van der Waals surface area (Å²) >= 11 is 0. The third-order valence-corrected chi connectivity index (χ3v) is 10.7. The zero-order valence-electron chi connectivity index (χ0n) is 29.6. The van der Waals surface area contributed by atoms with Gasteiger partial charge in [0.1, 0.15) is 11.5 Å². The normalized spacial score (nSPS) is 11.8. The molecule has 4 nitrogen and oxygen atoms in total. The molecule has 0 spiro atoms. The lowest BCUT2D eigenvalue weighted by Crippen LogP contribution is -2.02. The molecule has 1 aliphatic heterocycles. The van der Waals surface area contributed by atoms with Crippen molar-refractivity contribution in [2.75, 3.05) is 0 Å². The van der Waals surface area contributed by atoms with Gasteiger partial charge in [-0.25, -0.2) is 15.0 Å². The Bertz CT molecular complexity index is 3120. The van der Waals surface area contributed by atoms with Crippen LogP contribution in [0, 0.1) is 0 Å². The summed E-state index contributed by atoms with van der Waals surface area (Å²) in [6.45, 7) is 0. The topological polar surface area (TPSA) is 47.9 Å². The summed E-state index contributed by atoms with van der Waals surface area (Å²) in [4.78, 5) is 15.6. The molecule has 0 N–H and O–H groups in total. The summed E-state index contributed by atoms with van der Waals surface area (Å²) in [5, 5.41) is 6.66. The van der Waals surface area contributed by atoms with Crippen molar-refractivity contribution in [1.29, 1.82) is 0 Å². The van der Waals surface area contributed by atoms with Gasteiger partial charge < -0.3 is 4.74 Å². The summed E-state index contributed by atoms with van der Waals surface area (Å²) < 4.78 is 6.65. The number of hydrogen-bond donors (Lipinski definition) is 0. The zero-order valence-corrected chi connectivity index (χ0v) is 29.6. The fourth-order valence-corrected chi connectivity index (χ4v) is 8.01. The van der Waals surface area contributed by atoms with Crippen LogP contribution in [0.2, 0.25) is 0 Å². The lowest BCUT2D eigenvalue weighted by Gasteiger charge is -2.24. The molecule has 1 aromatic heterocycles. The van der Waals surface area contributed by atoms with Gasteiger partial charge in [-0.3, -0.25) is 0 Å². The van der Waals surface area contributed by atoms with E-state index < -0.39 is 0 Å². The van der Waals surface area contributed by atoms with Crippen molar-refractivity contribution in [3.8, 4) is 79.0 Å². The second-order valence-electron chi connectivity index (χ2n) is 14.0. The maximum Gasteiger partial charge on any atom is 0.164 e. The molecule has 0 unspecified atom stereocenters. The van der Waals surface area contributed by atoms with E-state index in [-0.39, 0.29) is 0 Å². The molecule has 0 fully saturated rings. The molecule has 0 saturated carbocycles. The van der Waals surface area contributed by atoms with E-state index in [0.29, 0.717) is 17.5 Å². The maximum atomic E-state index is 6.65. The van der Waals surface area contributed by atoms with Crippen molar-refractivity contribution in [2.45, 2.75) is 0 Å². The SMILES string of the molecule is c1ccc(-c2ccc3cc(-c4nc(-c5ccc6ccccc6c5)nc(-c5ccc6c7c(cccc57)-c5c(cccc5-c5ccccc5)O6)n4)ccc3c2)cc1. The Hall–Kier alpha value is -7.43. The highest BCUT2D eigenvalue weighted by Gasteiger charge is 2.25. The molecule has 0 atom stereocenters. The van der Waals surface area contributed by atoms with Gasteiger partial charge in [0.15, 0.2) is 17.5 Å². The summed E-state index contributed by atoms with van der Waals surface area (Å²) in [6.07, 6.45) is 0. The predicted octanol–water partition coefficient (Wildman–Crippen LogP) is 13.4. The molecule has 0 aliphatic carbocycles. The van der Waals surface area contributed by atoms with Gasteiger partial charge in [0, 0.05) is 27.6 Å². The van der Waals surface area contributed by atoms with E-state index >= 15 is 0 Å². The van der Waals surface area contributed by atoms with Crippen LogP contribution in [0.15, 0.2) is 188 Å². The third-order valence-electron chi connectivity index (χ3n) is 10.7. The van der Waals surface area contributed by atoms with Crippen molar-refractivity contribution in [1.82, 2.24) is 15.0 Å². The molecule has 9 aromatic carbocycles. The average molecular weight is 702 g/mol. The van der Waals surface area contributed by atoms with E-state index in [0.717, 1.165) is 77.4 Å². The first-order chi connectivity index (χ1) is 27.2. The van der Waals surface area contributed by atoms with E-state index in [4.69, 9.17) is 19.7 Å². The van der Waals surface area contributed by atoms with Crippen molar-refractivity contribution in [2.24, 2.45) is 0 Å². The Morgan fingerprint density at radius 2 is 0.873 bits per heavy atom. The quantitative estimate of drug-likeness (QED) is 0.179. The van der Waals surface area contributed by atoms with Crippen LogP contribution >= 0.6 is 0 Å². The minimum absolute atomic E-state index is 0.610. The van der Waals surface area contributed by atoms with E-state index in [2.05, 4.69) is 176 Å². The molecular weight excluding hydrogens is 671 g/mol. The van der Waals surface area contributed by atoms with Crippen LogP contribution in [0.1, 0.15) is 0 Å². The van der Waals surface area contributed by atoms with E-state index in [1.807, 2.05) is 12.1 Å². The largest absolute Gasteiger partial charge is 0.456 e. The van der Waals surface area contributed by atoms with Crippen LogP contribution in [-0.2, 0) is 0 Å². The molecule has 10 aromatic rings. The molecule has 0 saturated heterocycles. The first kappa shape index (κ1) is 31.1. The molecule has 1 aliphatic rings. The number of nitrogens with zero attached hydrogens (tertiary/aromatic N) is 3.